The van der Waals surface area contributed by atoms with Gasteiger partial charge in [-0.05, 0) is 36.4 Å². The Morgan fingerprint density at radius 2 is 1.75 bits per heavy atom. The summed E-state index contributed by atoms with van der Waals surface area (Å²) in [5, 5.41) is -0.0733. The summed E-state index contributed by atoms with van der Waals surface area (Å²) >= 11 is 11.6. The second-order valence-electron chi connectivity index (χ2n) is 3.92. The van der Waals surface area contributed by atoms with Crippen molar-refractivity contribution in [1.29, 1.82) is 0 Å². The fraction of sp³-hybridized carbons (Fsp3) is 0. The highest BCUT2D eigenvalue weighted by Crippen LogP contribution is 2.29. The van der Waals surface area contributed by atoms with E-state index in [1.165, 1.54) is 24.3 Å². The summed E-state index contributed by atoms with van der Waals surface area (Å²) in [6.45, 7) is 0. The average Bonchev–Trinajstić information content (AvgIpc) is 2.32. The number of rotatable bonds is 3. The third-order valence-electron chi connectivity index (χ3n) is 2.42. The Kier molecular flexibility index (Phi) is 4.08. The fourth-order valence-electron chi connectivity index (χ4n) is 1.51. The predicted molar refractivity (Wildman–Crippen MR) is 78.1 cm³/mol. The highest BCUT2D eigenvalue weighted by molar-refractivity contribution is 7.92. The van der Waals surface area contributed by atoms with Gasteiger partial charge in [0.25, 0.3) is 10.0 Å². The van der Waals surface area contributed by atoms with Gasteiger partial charge in [-0.2, -0.15) is 0 Å². The van der Waals surface area contributed by atoms with E-state index in [2.05, 4.69) is 4.72 Å². The molecule has 2 rings (SSSR count). The molecule has 0 bridgehead atoms. The molecule has 0 aliphatic heterocycles. The Morgan fingerprint density at radius 3 is 2.35 bits per heavy atom. The molecule has 8 heteroatoms. The van der Waals surface area contributed by atoms with Crippen molar-refractivity contribution in [3.8, 4) is 0 Å². The predicted octanol–water partition coefficient (Wildman–Crippen LogP) is 3.52. The molecular weight excluding hydrogens is 326 g/mol. The van der Waals surface area contributed by atoms with Crippen LogP contribution in [-0.2, 0) is 10.0 Å². The molecule has 20 heavy (non-hydrogen) atoms. The first-order chi connectivity index (χ1) is 9.29. The lowest BCUT2D eigenvalue weighted by Crippen LogP contribution is -2.14. The van der Waals surface area contributed by atoms with Gasteiger partial charge in [0.1, 0.15) is 10.7 Å². The molecule has 0 fully saturated rings. The molecule has 0 spiro atoms. The molecular formula is C12H9Cl2FN2O2S. The maximum atomic E-state index is 12.9. The first-order valence-electron chi connectivity index (χ1n) is 5.32. The molecule has 0 saturated carbocycles. The molecule has 0 atom stereocenters. The van der Waals surface area contributed by atoms with E-state index < -0.39 is 15.8 Å². The van der Waals surface area contributed by atoms with E-state index in [4.69, 9.17) is 28.9 Å². The van der Waals surface area contributed by atoms with E-state index in [0.29, 0.717) is 5.69 Å². The zero-order chi connectivity index (χ0) is 14.9. The first-order valence-corrected chi connectivity index (χ1v) is 7.56. The summed E-state index contributed by atoms with van der Waals surface area (Å²) < 4.78 is 39.5. The third kappa shape index (κ3) is 3.15. The van der Waals surface area contributed by atoms with Crippen LogP contribution in [-0.4, -0.2) is 8.42 Å². The molecule has 0 heterocycles. The number of nitrogens with two attached hydrogens (primary N) is 1. The van der Waals surface area contributed by atoms with Crippen molar-refractivity contribution in [2.24, 2.45) is 0 Å². The number of halogens is 3. The van der Waals surface area contributed by atoms with Crippen LogP contribution in [0.5, 0.6) is 0 Å². The molecule has 3 N–H and O–H groups in total. The van der Waals surface area contributed by atoms with Crippen LogP contribution in [0.1, 0.15) is 0 Å². The van der Waals surface area contributed by atoms with Crippen LogP contribution in [0.25, 0.3) is 0 Å². The summed E-state index contributed by atoms with van der Waals surface area (Å²) in [6, 6.07) is 7.32. The molecule has 2 aromatic carbocycles. The highest BCUT2D eigenvalue weighted by Gasteiger charge is 2.19. The second-order valence-corrected chi connectivity index (χ2v) is 6.38. The number of benzene rings is 2. The Hall–Kier alpha value is -1.50. The minimum atomic E-state index is -3.94. The van der Waals surface area contributed by atoms with E-state index in [1.807, 2.05) is 0 Å². The molecule has 0 radical (unpaired) electrons. The second kappa shape index (κ2) is 5.47. The number of anilines is 2. The molecule has 0 aliphatic carbocycles. The molecule has 0 saturated heterocycles. The molecule has 0 aromatic heterocycles. The Morgan fingerprint density at radius 1 is 1.05 bits per heavy atom. The lowest BCUT2D eigenvalue weighted by molar-refractivity contribution is 0.601. The largest absolute Gasteiger partial charge is 0.399 e. The Labute approximate surface area is 125 Å². The van der Waals surface area contributed by atoms with Crippen LogP contribution in [0, 0.1) is 5.82 Å². The summed E-state index contributed by atoms with van der Waals surface area (Å²) in [6.07, 6.45) is 0. The monoisotopic (exact) mass is 334 g/mol. The number of nitrogen functional groups attached to an aromatic ring is 1. The van der Waals surface area contributed by atoms with Gasteiger partial charge in [-0.1, -0.05) is 23.2 Å². The smallest absolute Gasteiger partial charge is 0.263 e. The molecule has 0 unspecified atom stereocenters. The van der Waals surface area contributed by atoms with Crippen molar-refractivity contribution in [3.63, 3.8) is 0 Å². The minimum absolute atomic E-state index is 0.0178. The van der Waals surface area contributed by atoms with Crippen molar-refractivity contribution in [1.82, 2.24) is 0 Å². The molecule has 2 aromatic rings. The van der Waals surface area contributed by atoms with Crippen LogP contribution in [0.3, 0.4) is 0 Å². The van der Waals surface area contributed by atoms with Gasteiger partial charge in [0, 0.05) is 5.69 Å². The van der Waals surface area contributed by atoms with Crippen LogP contribution >= 0.6 is 23.2 Å². The summed E-state index contributed by atoms with van der Waals surface area (Å²) in [5.41, 5.74) is 5.90. The molecule has 0 aliphatic rings. The summed E-state index contributed by atoms with van der Waals surface area (Å²) in [7, 11) is -3.94. The third-order valence-corrected chi connectivity index (χ3v) is 4.58. The fourth-order valence-corrected chi connectivity index (χ4v) is 3.41. The average molecular weight is 335 g/mol. The maximum Gasteiger partial charge on any atom is 0.263 e. The van der Waals surface area contributed by atoms with Crippen LogP contribution in [0.15, 0.2) is 41.3 Å². The van der Waals surface area contributed by atoms with Crippen molar-refractivity contribution in [3.05, 3.63) is 52.3 Å². The molecule has 4 nitrogen and oxygen atoms in total. The van der Waals surface area contributed by atoms with E-state index in [0.717, 1.165) is 12.1 Å². The molecule has 0 amide bonds. The highest BCUT2D eigenvalue weighted by atomic mass is 35.5. The van der Waals surface area contributed by atoms with E-state index >= 15 is 0 Å². The summed E-state index contributed by atoms with van der Waals surface area (Å²) in [4.78, 5) is -0.145. The van der Waals surface area contributed by atoms with Gasteiger partial charge in [-0.25, -0.2) is 12.8 Å². The number of hydrogen-bond donors (Lipinski definition) is 2. The summed E-state index contributed by atoms with van der Waals surface area (Å²) in [5.74, 6) is -0.566. The standard InChI is InChI=1S/C12H9Cl2FN2O2S/c13-9-5-7(15)1-3-11(9)17-20(18,19)12-4-2-8(16)6-10(12)14/h1-6,17H,16H2. The maximum absolute atomic E-state index is 12.9. The number of sulfonamides is 1. The SMILES string of the molecule is Nc1ccc(S(=O)(=O)Nc2ccc(F)cc2Cl)c(Cl)c1. The Bertz CT molecular complexity index is 766. The quantitative estimate of drug-likeness (QED) is 0.843. The van der Waals surface area contributed by atoms with Gasteiger partial charge in [0.15, 0.2) is 0 Å². The van der Waals surface area contributed by atoms with Gasteiger partial charge >= 0.3 is 0 Å². The normalized spacial score (nSPS) is 11.3. The van der Waals surface area contributed by atoms with Crippen molar-refractivity contribution in [2.45, 2.75) is 4.90 Å². The van der Waals surface area contributed by atoms with Crippen LogP contribution in [0.2, 0.25) is 10.0 Å². The van der Waals surface area contributed by atoms with Gasteiger partial charge in [-0.3, -0.25) is 4.72 Å². The zero-order valence-corrected chi connectivity index (χ0v) is 12.2. The van der Waals surface area contributed by atoms with Crippen molar-refractivity contribution >= 4 is 44.6 Å². The Balaban J connectivity index is 2.41. The minimum Gasteiger partial charge on any atom is -0.399 e. The van der Waals surface area contributed by atoms with Crippen molar-refractivity contribution in [2.75, 3.05) is 10.5 Å². The lowest BCUT2D eigenvalue weighted by Gasteiger charge is -2.11. The molecule has 106 valence electrons. The van der Waals surface area contributed by atoms with Crippen molar-refractivity contribution < 1.29 is 12.8 Å². The van der Waals surface area contributed by atoms with Gasteiger partial charge < -0.3 is 5.73 Å². The zero-order valence-electron chi connectivity index (χ0n) is 9.90. The van der Waals surface area contributed by atoms with Crippen LogP contribution < -0.4 is 10.5 Å². The first kappa shape index (κ1) is 14.9. The number of hydrogen-bond acceptors (Lipinski definition) is 3. The lowest BCUT2D eigenvalue weighted by atomic mass is 10.3. The van der Waals surface area contributed by atoms with E-state index in [-0.39, 0.29) is 20.6 Å². The van der Waals surface area contributed by atoms with Gasteiger partial charge in [0.05, 0.1) is 15.7 Å². The van der Waals surface area contributed by atoms with E-state index in [9.17, 15) is 12.8 Å². The van der Waals surface area contributed by atoms with Gasteiger partial charge in [-0.15, -0.1) is 0 Å². The topological polar surface area (TPSA) is 72.2 Å². The number of nitrogens with one attached hydrogen (secondary N) is 1. The van der Waals surface area contributed by atoms with Crippen LogP contribution in [0.4, 0.5) is 15.8 Å². The van der Waals surface area contributed by atoms with E-state index in [1.54, 1.807) is 0 Å². The van der Waals surface area contributed by atoms with Gasteiger partial charge in [0.2, 0.25) is 0 Å².